The third-order valence-corrected chi connectivity index (χ3v) is 4.32. The van der Waals surface area contributed by atoms with Crippen LogP contribution in [-0.4, -0.2) is 15.0 Å². The second-order valence-corrected chi connectivity index (χ2v) is 6.87. The van der Waals surface area contributed by atoms with Gasteiger partial charge in [0, 0.05) is 33.8 Å². The molecule has 0 saturated carbocycles. The number of hydrogen-bond donors (Lipinski definition) is 1. The van der Waals surface area contributed by atoms with Crippen molar-refractivity contribution in [3.8, 4) is 11.5 Å². The number of pyridine rings is 1. The van der Waals surface area contributed by atoms with Gasteiger partial charge < -0.3 is 5.32 Å². The average Bonchev–Trinajstić information content (AvgIpc) is 2.85. The average molecular weight is 398 g/mol. The second kappa shape index (κ2) is 5.50. The van der Waals surface area contributed by atoms with E-state index in [1.54, 1.807) is 6.20 Å². The van der Waals surface area contributed by atoms with Crippen molar-refractivity contribution in [1.82, 2.24) is 20.3 Å². The molecule has 0 radical (unpaired) electrons. The fourth-order valence-corrected chi connectivity index (χ4v) is 3.52. The van der Waals surface area contributed by atoms with Gasteiger partial charge in [-0.2, -0.15) is 0 Å². The van der Waals surface area contributed by atoms with Crippen LogP contribution in [0.3, 0.4) is 0 Å². The van der Waals surface area contributed by atoms with Gasteiger partial charge in [-0.25, -0.2) is 9.97 Å². The molecule has 0 aromatic carbocycles. The van der Waals surface area contributed by atoms with E-state index in [4.69, 9.17) is 4.98 Å². The molecule has 3 heterocycles. The number of fused-ring (bicyclic) bond motifs is 1. The van der Waals surface area contributed by atoms with Crippen molar-refractivity contribution in [2.75, 3.05) is 0 Å². The third kappa shape index (κ3) is 2.52. The maximum absolute atomic E-state index is 4.75. The van der Waals surface area contributed by atoms with E-state index >= 15 is 0 Å². The van der Waals surface area contributed by atoms with Gasteiger partial charge in [-0.15, -0.1) is 0 Å². The highest BCUT2D eigenvalue weighted by Crippen LogP contribution is 2.30. The smallest absolute Gasteiger partial charge is 0.179 e. The zero-order valence-electron chi connectivity index (χ0n) is 11.2. The minimum Gasteiger partial charge on any atom is -0.307 e. The van der Waals surface area contributed by atoms with E-state index in [2.05, 4.69) is 61.0 Å². The number of nitrogens with zero attached hydrogens (tertiary/aromatic N) is 3. The predicted molar refractivity (Wildman–Crippen MR) is 85.3 cm³/mol. The van der Waals surface area contributed by atoms with E-state index in [0.29, 0.717) is 11.7 Å². The fraction of sp³-hybridized carbons (Fsp3) is 0.357. The molecule has 1 aliphatic rings. The molecule has 0 unspecified atom stereocenters. The van der Waals surface area contributed by atoms with Gasteiger partial charge in [-0.05, 0) is 43.8 Å². The van der Waals surface area contributed by atoms with Gasteiger partial charge in [0.2, 0.25) is 0 Å². The summed E-state index contributed by atoms with van der Waals surface area (Å²) >= 11 is 6.95. The molecule has 2 aromatic rings. The van der Waals surface area contributed by atoms with Crippen molar-refractivity contribution in [2.45, 2.75) is 32.9 Å². The van der Waals surface area contributed by atoms with Crippen LogP contribution < -0.4 is 5.32 Å². The molecule has 0 atom stereocenters. The molecule has 0 aliphatic carbocycles. The summed E-state index contributed by atoms with van der Waals surface area (Å²) in [5.74, 6) is 1.06. The summed E-state index contributed by atoms with van der Waals surface area (Å²) in [7, 11) is 0. The first-order valence-electron chi connectivity index (χ1n) is 6.48. The lowest BCUT2D eigenvalue weighted by atomic mass is 10.0. The summed E-state index contributed by atoms with van der Waals surface area (Å²) < 4.78 is 1.83. The van der Waals surface area contributed by atoms with E-state index < -0.39 is 0 Å². The summed E-state index contributed by atoms with van der Waals surface area (Å²) in [6, 6.07) is 1.96. The van der Waals surface area contributed by atoms with Crippen LogP contribution in [0, 0.1) is 0 Å². The van der Waals surface area contributed by atoms with Crippen molar-refractivity contribution in [1.29, 1.82) is 0 Å². The highest BCUT2D eigenvalue weighted by Gasteiger charge is 2.22. The number of hydrogen-bond acceptors (Lipinski definition) is 4. The molecule has 20 heavy (non-hydrogen) atoms. The van der Waals surface area contributed by atoms with Gasteiger partial charge in [0.05, 0.1) is 11.4 Å². The summed E-state index contributed by atoms with van der Waals surface area (Å²) in [4.78, 5) is 13.9. The van der Waals surface area contributed by atoms with Crippen LogP contribution in [0.5, 0.6) is 0 Å². The van der Waals surface area contributed by atoms with E-state index in [1.165, 1.54) is 5.56 Å². The first-order valence-corrected chi connectivity index (χ1v) is 8.06. The molecular weight excluding hydrogens is 384 g/mol. The standard InChI is InChI=1S/C14H14Br2N4/c1-7(2)12-9-5-17-6-11(9)19-14(20-12)13-10(16)3-8(15)4-18-13/h3-4,7,17H,5-6H2,1-2H3. The Bertz CT molecular complexity index is 670. The summed E-state index contributed by atoms with van der Waals surface area (Å²) in [5.41, 5.74) is 4.24. The van der Waals surface area contributed by atoms with Gasteiger partial charge in [0.1, 0.15) is 5.69 Å². The molecular formula is C14H14Br2N4. The van der Waals surface area contributed by atoms with Crippen molar-refractivity contribution in [2.24, 2.45) is 0 Å². The van der Waals surface area contributed by atoms with Gasteiger partial charge in [0.25, 0.3) is 0 Å². The van der Waals surface area contributed by atoms with Crippen molar-refractivity contribution in [3.63, 3.8) is 0 Å². The molecule has 0 fully saturated rings. The van der Waals surface area contributed by atoms with E-state index in [1.807, 2.05) is 6.07 Å². The number of halogens is 2. The molecule has 0 saturated heterocycles. The van der Waals surface area contributed by atoms with Crippen LogP contribution in [0.2, 0.25) is 0 Å². The predicted octanol–water partition coefficient (Wildman–Crippen LogP) is 3.79. The zero-order valence-corrected chi connectivity index (χ0v) is 14.4. The zero-order chi connectivity index (χ0) is 14.3. The minimum atomic E-state index is 0.375. The van der Waals surface area contributed by atoms with Crippen molar-refractivity contribution < 1.29 is 0 Å². The first kappa shape index (κ1) is 14.1. The van der Waals surface area contributed by atoms with Gasteiger partial charge in [-0.1, -0.05) is 13.8 Å². The first-order chi connectivity index (χ1) is 9.56. The van der Waals surface area contributed by atoms with Crippen LogP contribution in [0.15, 0.2) is 21.2 Å². The maximum Gasteiger partial charge on any atom is 0.179 e. The molecule has 1 N–H and O–H groups in total. The largest absolute Gasteiger partial charge is 0.307 e. The van der Waals surface area contributed by atoms with E-state index in [0.717, 1.165) is 39.1 Å². The molecule has 0 spiro atoms. The monoisotopic (exact) mass is 396 g/mol. The summed E-state index contributed by atoms with van der Waals surface area (Å²) in [5, 5.41) is 3.34. The molecule has 0 bridgehead atoms. The Morgan fingerprint density at radius 3 is 2.70 bits per heavy atom. The third-order valence-electron chi connectivity index (χ3n) is 3.29. The highest BCUT2D eigenvalue weighted by molar-refractivity contribution is 9.11. The Balaban J connectivity index is 2.17. The maximum atomic E-state index is 4.75. The number of nitrogens with one attached hydrogen (secondary N) is 1. The quantitative estimate of drug-likeness (QED) is 0.837. The van der Waals surface area contributed by atoms with Gasteiger partial charge in [-0.3, -0.25) is 4.98 Å². The van der Waals surface area contributed by atoms with Crippen LogP contribution in [0.25, 0.3) is 11.5 Å². The molecule has 0 amide bonds. The van der Waals surface area contributed by atoms with Crippen LogP contribution in [0.1, 0.15) is 36.7 Å². The van der Waals surface area contributed by atoms with E-state index in [-0.39, 0.29) is 0 Å². The Kier molecular flexibility index (Phi) is 3.88. The van der Waals surface area contributed by atoms with Crippen LogP contribution in [-0.2, 0) is 13.1 Å². The number of aromatic nitrogens is 3. The Labute approximate surface area is 134 Å². The van der Waals surface area contributed by atoms with Gasteiger partial charge in [0.15, 0.2) is 5.82 Å². The highest BCUT2D eigenvalue weighted by atomic mass is 79.9. The summed E-state index contributed by atoms with van der Waals surface area (Å²) in [6.45, 7) is 5.99. The lowest BCUT2D eigenvalue weighted by Gasteiger charge is -2.12. The summed E-state index contributed by atoms with van der Waals surface area (Å²) in [6.07, 6.45) is 1.77. The molecule has 3 rings (SSSR count). The van der Waals surface area contributed by atoms with Crippen molar-refractivity contribution >= 4 is 31.9 Å². The Hall–Kier alpha value is -0.850. The molecule has 104 valence electrons. The van der Waals surface area contributed by atoms with E-state index in [9.17, 15) is 0 Å². The second-order valence-electron chi connectivity index (χ2n) is 5.10. The Morgan fingerprint density at radius 2 is 2.00 bits per heavy atom. The lowest BCUT2D eigenvalue weighted by Crippen LogP contribution is -2.06. The topological polar surface area (TPSA) is 50.7 Å². The Morgan fingerprint density at radius 1 is 1.20 bits per heavy atom. The molecule has 1 aliphatic heterocycles. The molecule has 2 aromatic heterocycles. The lowest BCUT2D eigenvalue weighted by molar-refractivity contribution is 0.746. The van der Waals surface area contributed by atoms with Crippen LogP contribution >= 0.6 is 31.9 Å². The number of rotatable bonds is 2. The fourth-order valence-electron chi connectivity index (χ4n) is 2.36. The normalized spacial score (nSPS) is 13.8. The van der Waals surface area contributed by atoms with Gasteiger partial charge >= 0.3 is 0 Å². The van der Waals surface area contributed by atoms with Crippen LogP contribution in [0.4, 0.5) is 0 Å². The SMILES string of the molecule is CC(C)c1nc(-c2ncc(Br)cc2Br)nc2c1CNC2. The minimum absolute atomic E-state index is 0.375. The van der Waals surface area contributed by atoms with Crippen molar-refractivity contribution in [3.05, 3.63) is 38.2 Å². The molecule has 4 nitrogen and oxygen atoms in total. The molecule has 6 heteroatoms.